The minimum Gasteiger partial charge on any atom is -0.387 e. The first-order chi connectivity index (χ1) is 10.1. The molecule has 0 aliphatic carbocycles. The largest absolute Gasteiger partial charge is 0.387 e. The number of aryl methyl sites for hydroxylation is 1. The first-order valence-corrected chi connectivity index (χ1v) is 6.75. The molecule has 0 aliphatic rings. The van der Waals surface area contributed by atoms with Crippen molar-refractivity contribution >= 4 is 0 Å². The predicted molar refractivity (Wildman–Crippen MR) is 73.4 cm³/mol. The van der Waals surface area contributed by atoms with Gasteiger partial charge in [0.2, 0.25) is 0 Å². The van der Waals surface area contributed by atoms with Gasteiger partial charge in [0.25, 0.3) is 0 Å². The molecule has 1 aromatic heterocycles. The Hall–Kier alpha value is -1.86. The van der Waals surface area contributed by atoms with Gasteiger partial charge in [0.1, 0.15) is 24.3 Å². The van der Waals surface area contributed by atoms with Gasteiger partial charge in [-0.1, -0.05) is 6.07 Å². The Morgan fingerprint density at radius 1 is 1.33 bits per heavy atom. The van der Waals surface area contributed by atoms with E-state index >= 15 is 0 Å². The van der Waals surface area contributed by atoms with Gasteiger partial charge in [-0.3, -0.25) is 4.68 Å². The highest BCUT2D eigenvalue weighted by molar-refractivity contribution is 5.22. The van der Waals surface area contributed by atoms with Crippen molar-refractivity contribution in [1.82, 2.24) is 20.1 Å². The lowest BCUT2D eigenvalue weighted by molar-refractivity contribution is 0.160. The highest BCUT2D eigenvalue weighted by Crippen LogP contribution is 2.20. The van der Waals surface area contributed by atoms with Crippen LogP contribution in [0, 0.1) is 11.6 Å². The Kier molecular flexibility index (Phi) is 5.35. The second-order valence-corrected chi connectivity index (χ2v) is 4.91. The lowest BCUT2D eigenvalue weighted by Crippen LogP contribution is -2.32. The second-order valence-electron chi connectivity index (χ2n) is 4.91. The first-order valence-electron chi connectivity index (χ1n) is 6.75. The van der Waals surface area contributed by atoms with Crippen LogP contribution in [-0.4, -0.2) is 32.5 Å². The SMILES string of the molecule is CC(CCn1cncn1)NCC(O)c1c(F)cccc1F. The molecule has 0 amide bonds. The zero-order valence-corrected chi connectivity index (χ0v) is 11.7. The summed E-state index contributed by atoms with van der Waals surface area (Å²) in [4.78, 5) is 3.84. The van der Waals surface area contributed by atoms with E-state index in [2.05, 4.69) is 15.4 Å². The number of aliphatic hydroxyl groups is 1. The third-order valence-electron chi connectivity index (χ3n) is 3.25. The van der Waals surface area contributed by atoms with Crippen molar-refractivity contribution in [3.8, 4) is 0 Å². The number of rotatable bonds is 7. The molecule has 0 aliphatic heterocycles. The van der Waals surface area contributed by atoms with Crippen LogP contribution < -0.4 is 5.32 Å². The van der Waals surface area contributed by atoms with Crippen molar-refractivity contribution in [3.05, 3.63) is 48.1 Å². The van der Waals surface area contributed by atoms with Crippen LogP contribution in [0.3, 0.4) is 0 Å². The zero-order chi connectivity index (χ0) is 15.2. The van der Waals surface area contributed by atoms with Crippen molar-refractivity contribution < 1.29 is 13.9 Å². The summed E-state index contributed by atoms with van der Waals surface area (Å²) in [5.74, 6) is -1.47. The fourth-order valence-corrected chi connectivity index (χ4v) is 2.02. The van der Waals surface area contributed by atoms with E-state index in [1.165, 1.54) is 12.4 Å². The van der Waals surface area contributed by atoms with Gasteiger partial charge in [-0.05, 0) is 25.5 Å². The fourth-order valence-electron chi connectivity index (χ4n) is 2.02. The molecular weight excluding hydrogens is 278 g/mol. The maximum Gasteiger partial charge on any atom is 0.137 e. The second kappa shape index (κ2) is 7.24. The van der Waals surface area contributed by atoms with E-state index < -0.39 is 17.7 Å². The maximum atomic E-state index is 13.5. The minimum absolute atomic E-state index is 0.0682. The van der Waals surface area contributed by atoms with Crippen molar-refractivity contribution in [1.29, 1.82) is 0 Å². The number of nitrogens with one attached hydrogen (secondary N) is 1. The molecular formula is C14H18F2N4O. The summed E-state index contributed by atoms with van der Waals surface area (Å²) in [6.07, 6.45) is 2.62. The molecule has 2 rings (SSSR count). The highest BCUT2D eigenvalue weighted by Gasteiger charge is 2.18. The lowest BCUT2D eigenvalue weighted by Gasteiger charge is -2.18. The lowest BCUT2D eigenvalue weighted by atomic mass is 10.1. The van der Waals surface area contributed by atoms with Gasteiger partial charge in [-0.25, -0.2) is 13.8 Å². The first kappa shape index (κ1) is 15.5. The highest BCUT2D eigenvalue weighted by atomic mass is 19.1. The van der Waals surface area contributed by atoms with Crippen LogP contribution in [0.25, 0.3) is 0 Å². The molecule has 1 aromatic carbocycles. The van der Waals surface area contributed by atoms with Crippen molar-refractivity contribution in [2.24, 2.45) is 0 Å². The number of hydrogen-bond donors (Lipinski definition) is 2. The molecule has 0 spiro atoms. The van der Waals surface area contributed by atoms with Gasteiger partial charge in [0.05, 0.1) is 11.7 Å². The Labute approximate surface area is 121 Å². The molecule has 0 saturated carbocycles. The van der Waals surface area contributed by atoms with E-state index in [9.17, 15) is 13.9 Å². The van der Waals surface area contributed by atoms with Gasteiger partial charge < -0.3 is 10.4 Å². The van der Waals surface area contributed by atoms with Gasteiger partial charge in [-0.2, -0.15) is 5.10 Å². The van der Waals surface area contributed by atoms with Gasteiger partial charge >= 0.3 is 0 Å². The van der Waals surface area contributed by atoms with Crippen molar-refractivity contribution in [3.63, 3.8) is 0 Å². The summed E-state index contributed by atoms with van der Waals surface area (Å²) in [6.45, 7) is 2.69. The van der Waals surface area contributed by atoms with E-state index in [1.54, 1.807) is 11.0 Å². The number of benzene rings is 1. The average Bonchev–Trinajstić information content (AvgIpc) is 2.96. The topological polar surface area (TPSA) is 63.0 Å². The van der Waals surface area contributed by atoms with Crippen LogP contribution in [-0.2, 0) is 6.54 Å². The Balaban J connectivity index is 1.81. The van der Waals surface area contributed by atoms with Gasteiger partial charge in [-0.15, -0.1) is 0 Å². The maximum absolute atomic E-state index is 13.5. The van der Waals surface area contributed by atoms with Crippen LogP contribution in [0.5, 0.6) is 0 Å². The molecule has 21 heavy (non-hydrogen) atoms. The van der Waals surface area contributed by atoms with E-state index in [0.29, 0.717) is 6.54 Å². The molecule has 2 atom stereocenters. The monoisotopic (exact) mass is 296 g/mol. The van der Waals surface area contributed by atoms with E-state index in [4.69, 9.17) is 0 Å². The molecule has 0 fully saturated rings. The molecule has 2 unspecified atom stereocenters. The summed E-state index contributed by atoms with van der Waals surface area (Å²) in [7, 11) is 0. The van der Waals surface area contributed by atoms with Gasteiger partial charge in [0, 0.05) is 19.1 Å². The molecule has 0 saturated heterocycles. The molecule has 1 heterocycles. The molecule has 114 valence electrons. The van der Waals surface area contributed by atoms with Crippen LogP contribution in [0.1, 0.15) is 25.0 Å². The Morgan fingerprint density at radius 2 is 2.05 bits per heavy atom. The summed E-state index contributed by atoms with van der Waals surface area (Å²) < 4.78 is 28.7. The van der Waals surface area contributed by atoms with E-state index in [0.717, 1.165) is 18.6 Å². The molecule has 0 bridgehead atoms. The van der Waals surface area contributed by atoms with Crippen molar-refractivity contribution in [2.45, 2.75) is 32.0 Å². The fraction of sp³-hybridized carbons (Fsp3) is 0.429. The summed E-state index contributed by atoms with van der Waals surface area (Å²) in [6, 6.07) is 3.61. The minimum atomic E-state index is -1.22. The van der Waals surface area contributed by atoms with Crippen LogP contribution >= 0.6 is 0 Å². The standard InChI is InChI=1S/C14H18F2N4O/c1-10(5-6-20-9-17-8-19-20)18-7-13(21)14-11(15)3-2-4-12(14)16/h2-4,8-10,13,18,21H,5-7H2,1H3. The molecule has 7 heteroatoms. The third-order valence-corrected chi connectivity index (χ3v) is 3.25. The Bertz CT molecular complexity index is 542. The molecule has 5 nitrogen and oxygen atoms in total. The number of nitrogens with zero attached hydrogens (tertiary/aromatic N) is 3. The summed E-state index contributed by atoms with van der Waals surface area (Å²) in [5, 5.41) is 16.9. The smallest absolute Gasteiger partial charge is 0.137 e. The van der Waals surface area contributed by atoms with Crippen LogP contribution in [0.15, 0.2) is 30.9 Å². The third kappa shape index (κ3) is 4.30. The number of aromatic nitrogens is 3. The Morgan fingerprint density at radius 3 is 2.67 bits per heavy atom. The van der Waals surface area contributed by atoms with Crippen LogP contribution in [0.4, 0.5) is 8.78 Å². The van der Waals surface area contributed by atoms with Crippen LogP contribution in [0.2, 0.25) is 0 Å². The summed E-state index contributed by atoms with van der Waals surface area (Å²) in [5.41, 5.74) is -0.298. The molecule has 2 N–H and O–H groups in total. The van der Waals surface area contributed by atoms with Crippen molar-refractivity contribution in [2.75, 3.05) is 6.54 Å². The van der Waals surface area contributed by atoms with E-state index in [1.807, 2.05) is 6.92 Å². The zero-order valence-electron chi connectivity index (χ0n) is 11.7. The average molecular weight is 296 g/mol. The number of halogens is 2. The number of hydrogen-bond acceptors (Lipinski definition) is 4. The normalized spacial score (nSPS) is 14.1. The number of aliphatic hydroxyl groups excluding tert-OH is 1. The molecule has 0 radical (unpaired) electrons. The molecule has 2 aromatic rings. The predicted octanol–water partition coefficient (Wildman–Crippen LogP) is 1.66. The quantitative estimate of drug-likeness (QED) is 0.815. The van der Waals surface area contributed by atoms with E-state index in [-0.39, 0.29) is 18.2 Å². The van der Waals surface area contributed by atoms with Gasteiger partial charge in [0.15, 0.2) is 0 Å². The summed E-state index contributed by atoms with van der Waals surface area (Å²) >= 11 is 0.